The molecular weight excluding hydrogens is 391 g/mol. The van der Waals surface area contributed by atoms with Gasteiger partial charge in [-0.05, 0) is 23.0 Å². The van der Waals surface area contributed by atoms with Gasteiger partial charge in [-0.3, -0.25) is 6.08 Å². The quantitative estimate of drug-likeness (QED) is 0.435. The van der Waals surface area contributed by atoms with Crippen molar-refractivity contribution in [2.75, 3.05) is 7.11 Å². The molecule has 25 heavy (non-hydrogen) atoms. The number of aromatic hydroxyl groups is 1. The third kappa shape index (κ3) is 9.19. The van der Waals surface area contributed by atoms with Gasteiger partial charge in [0, 0.05) is 32.8 Å². The van der Waals surface area contributed by atoms with Crippen molar-refractivity contribution in [2.45, 2.75) is 58.8 Å². The number of ether oxygens (including phenoxy) is 1. The van der Waals surface area contributed by atoms with Crippen LogP contribution in [0.4, 0.5) is 0 Å². The molecule has 1 aliphatic rings. The molecule has 1 aromatic carbocycles. The fraction of sp³-hybridized carbons (Fsp3) is 0.500. The fourth-order valence-corrected chi connectivity index (χ4v) is 2.21. The summed E-state index contributed by atoms with van der Waals surface area (Å²) in [6, 6.07) is 3.84. The molecule has 5 heteroatoms. The standard InChI is InChI=1S/C15H24O2.C5H5.2ClH.Ti/c1-14(2,3)11-8-10(17-7)9-12(13(11)16)15(4,5)6;1-2-4-5-3-1;;;/h8-9,16H,1-7H3;1-3H,4H2;2*1H;/q;-1;;;. The van der Waals surface area contributed by atoms with Gasteiger partial charge in [0.25, 0.3) is 0 Å². The molecule has 1 aromatic rings. The van der Waals surface area contributed by atoms with Crippen LogP contribution < -0.4 is 4.74 Å². The molecule has 0 spiro atoms. The van der Waals surface area contributed by atoms with E-state index in [1.165, 1.54) is 0 Å². The van der Waals surface area contributed by atoms with Gasteiger partial charge in [0.05, 0.1) is 7.11 Å². The third-order valence-electron chi connectivity index (χ3n) is 3.52. The zero-order valence-electron chi connectivity index (χ0n) is 16.3. The summed E-state index contributed by atoms with van der Waals surface area (Å²) in [5, 5.41) is 10.4. The number of rotatable bonds is 1. The molecule has 2 rings (SSSR count). The molecule has 2 nitrogen and oxygen atoms in total. The summed E-state index contributed by atoms with van der Waals surface area (Å²) in [5.74, 6) is 1.20. The van der Waals surface area contributed by atoms with Crippen molar-refractivity contribution in [3.63, 3.8) is 0 Å². The molecule has 0 fully saturated rings. The normalized spacial score (nSPS) is 12.1. The van der Waals surface area contributed by atoms with E-state index in [4.69, 9.17) is 4.74 Å². The Morgan fingerprint density at radius 3 is 1.60 bits per heavy atom. The molecule has 0 saturated heterocycles. The maximum atomic E-state index is 10.4. The van der Waals surface area contributed by atoms with Gasteiger partial charge in [-0.15, -0.1) is 31.2 Å². The first kappa shape index (κ1) is 29.4. The summed E-state index contributed by atoms with van der Waals surface area (Å²) in [6.07, 6.45) is 10.0. The number of allylic oxidation sites excluding steroid dienone is 4. The van der Waals surface area contributed by atoms with E-state index in [2.05, 4.69) is 53.7 Å². The molecule has 1 aliphatic carbocycles. The van der Waals surface area contributed by atoms with E-state index in [1.807, 2.05) is 24.3 Å². The second-order valence-corrected chi connectivity index (χ2v) is 7.57. The first-order valence-electron chi connectivity index (χ1n) is 7.71. The van der Waals surface area contributed by atoms with Gasteiger partial charge in [-0.1, -0.05) is 41.5 Å². The van der Waals surface area contributed by atoms with Crippen LogP contribution in [0.5, 0.6) is 11.5 Å². The molecule has 0 radical (unpaired) electrons. The van der Waals surface area contributed by atoms with Crippen molar-refractivity contribution >= 4 is 24.8 Å². The first-order chi connectivity index (χ1) is 10.1. The van der Waals surface area contributed by atoms with Gasteiger partial charge in [0.15, 0.2) is 0 Å². The molecule has 1 N–H and O–H groups in total. The average molecular weight is 422 g/mol. The minimum atomic E-state index is -0.0986. The molecular formula is C20H31Cl2O2Ti-. The monoisotopic (exact) mass is 421 g/mol. The summed E-state index contributed by atoms with van der Waals surface area (Å²) in [4.78, 5) is 0. The zero-order chi connectivity index (χ0) is 17.0. The van der Waals surface area contributed by atoms with Crippen LogP contribution >= 0.6 is 24.8 Å². The largest absolute Gasteiger partial charge is 0.507 e. The van der Waals surface area contributed by atoms with E-state index in [0.29, 0.717) is 5.75 Å². The van der Waals surface area contributed by atoms with Crippen LogP contribution in [0.25, 0.3) is 0 Å². The second-order valence-electron chi connectivity index (χ2n) is 7.57. The predicted molar refractivity (Wildman–Crippen MR) is 108 cm³/mol. The van der Waals surface area contributed by atoms with Crippen LogP contribution in [0, 0.1) is 6.08 Å². The minimum absolute atomic E-state index is 0. The predicted octanol–water partition coefficient (Wildman–Crippen LogP) is 6.14. The van der Waals surface area contributed by atoms with E-state index < -0.39 is 0 Å². The Labute approximate surface area is 180 Å². The van der Waals surface area contributed by atoms with E-state index in [9.17, 15) is 5.11 Å². The minimum Gasteiger partial charge on any atom is -0.507 e. The number of hydrogen-bond donors (Lipinski definition) is 1. The van der Waals surface area contributed by atoms with Gasteiger partial charge in [-0.2, -0.15) is 6.08 Å². The van der Waals surface area contributed by atoms with Gasteiger partial charge < -0.3 is 9.84 Å². The Kier molecular flexibility index (Phi) is 14.2. The number of phenols is 1. The molecule has 0 amide bonds. The van der Waals surface area contributed by atoms with Gasteiger partial charge in [0.2, 0.25) is 0 Å². The number of halogens is 2. The van der Waals surface area contributed by atoms with E-state index in [-0.39, 0.29) is 57.4 Å². The SMILES string of the molecule is COc1cc(C(C)(C)C)c(O)c(C(C)(C)C)c1.Cl.Cl.[C-]1=CC=CC1.[Ti]. The summed E-state index contributed by atoms with van der Waals surface area (Å²) < 4.78 is 5.33. The summed E-state index contributed by atoms with van der Waals surface area (Å²) in [6.45, 7) is 12.5. The average Bonchev–Trinajstić information content (AvgIpc) is 2.95. The zero-order valence-corrected chi connectivity index (χ0v) is 19.5. The van der Waals surface area contributed by atoms with Crippen molar-refractivity contribution in [3.05, 3.63) is 47.6 Å². The van der Waals surface area contributed by atoms with Crippen molar-refractivity contribution in [2.24, 2.45) is 0 Å². The van der Waals surface area contributed by atoms with Crippen molar-refractivity contribution in [1.82, 2.24) is 0 Å². The Bertz CT molecular complexity index is 523. The van der Waals surface area contributed by atoms with Gasteiger partial charge in [-0.25, -0.2) is 12.2 Å². The van der Waals surface area contributed by atoms with Crippen LogP contribution in [-0.4, -0.2) is 12.2 Å². The summed E-state index contributed by atoms with van der Waals surface area (Å²) in [5.41, 5.74) is 1.67. The molecule has 0 bridgehead atoms. The molecule has 142 valence electrons. The summed E-state index contributed by atoms with van der Waals surface area (Å²) in [7, 11) is 1.66. The molecule has 0 unspecified atom stereocenters. The van der Waals surface area contributed by atoms with Crippen molar-refractivity contribution in [3.8, 4) is 11.5 Å². The van der Waals surface area contributed by atoms with E-state index in [0.717, 1.165) is 23.3 Å². The summed E-state index contributed by atoms with van der Waals surface area (Å²) >= 11 is 0. The Hall–Kier alpha value is -0.406. The van der Waals surface area contributed by atoms with Crippen molar-refractivity contribution < 1.29 is 31.6 Å². The molecule has 0 aliphatic heterocycles. The van der Waals surface area contributed by atoms with Crippen molar-refractivity contribution in [1.29, 1.82) is 0 Å². The maximum absolute atomic E-state index is 10.4. The third-order valence-corrected chi connectivity index (χ3v) is 3.52. The van der Waals surface area contributed by atoms with Crippen LogP contribution in [0.15, 0.2) is 30.4 Å². The first-order valence-corrected chi connectivity index (χ1v) is 7.71. The fourth-order valence-electron chi connectivity index (χ4n) is 2.21. The van der Waals surface area contributed by atoms with E-state index >= 15 is 0 Å². The Morgan fingerprint density at radius 2 is 1.40 bits per heavy atom. The molecule has 0 heterocycles. The molecule has 0 aromatic heterocycles. The number of methoxy groups -OCH3 is 1. The van der Waals surface area contributed by atoms with Crippen LogP contribution in [-0.2, 0) is 32.5 Å². The van der Waals surface area contributed by atoms with E-state index in [1.54, 1.807) is 7.11 Å². The number of benzene rings is 1. The van der Waals surface area contributed by atoms with Gasteiger partial charge >= 0.3 is 0 Å². The smallest absolute Gasteiger partial charge is 0.123 e. The topological polar surface area (TPSA) is 29.5 Å². The van der Waals surface area contributed by atoms with Crippen LogP contribution in [0.2, 0.25) is 0 Å². The Morgan fingerprint density at radius 1 is 0.960 bits per heavy atom. The maximum Gasteiger partial charge on any atom is 0.123 e. The second kappa shape index (κ2) is 12.1. The van der Waals surface area contributed by atoms with Crippen LogP contribution in [0.1, 0.15) is 59.1 Å². The number of phenolic OH excluding ortho intramolecular Hbond substituents is 1. The van der Waals surface area contributed by atoms with Crippen LogP contribution in [0.3, 0.4) is 0 Å². The Balaban J connectivity index is -0.000000522. The molecule has 0 atom stereocenters. The number of hydrogen-bond acceptors (Lipinski definition) is 2. The molecule has 0 saturated carbocycles. The van der Waals surface area contributed by atoms with Gasteiger partial charge in [0.1, 0.15) is 11.5 Å².